The Morgan fingerprint density at radius 3 is 2.68 bits per heavy atom. The van der Waals surface area contributed by atoms with Gasteiger partial charge in [0, 0.05) is 35.4 Å². The number of hydrogen-bond donors (Lipinski definition) is 2. The fourth-order valence-corrected chi connectivity index (χ4v) is 3.38. The summed E-state index contributed by atoms with van der Waals surface area (Å²) < 4.78 is 22.4. The van der Waals surface area contributed by atoms with Crippen LogP contribution in [0.25, 0.3) is 10.9 Å². The summed E-state index contributed by atoms with van der Waals surface area (Å²) in [5.74, 6) is 0.116. The number of fused-ring (bicyclic) bond motifs is 1. The van der Waals surface area contributed by atoms with Gasteiger partial charge in [0.15, 0.2) is 0 Å². The van der Waals surface area contributed by atoms with E-state index in [9.17, 15) is 8.42 Å². The highest BCUT2D eigenvalue weighted by Crippen LogP contribution is 2.26. The maximum Gasteiger partial charge on any atom is 0.148 e. The molecule has 104 valence electrons. The fraction of sp³-hybridized carbons (Fsp3) is 0.385. The molecule has 0 fully saturated rings. The molecule has 2 rings (SSSR count). The Kier molecular flexibility index (Phi) is 4.18. The third kappa shape index (κ3) is 3.72. The normalized spacial score (nSPS) is 13.8. The Bertz CT molecular complexity index is 679. The van der Waals surface area contributed by atoms with Crippen LogP contribution in [-0.2, 0) is 16.4 Å². The van der Waals surface area contributed by atoms with Crippen LogP contribution in [0.1, 0.15) is 12.6 Å². The summed E-state index contributed by atoms with van der Waals surface area (Å²) in [6.07, 6.45) is 1.24. The van der Waals surface area contributed by atoms with Gasteiger partial charge in [-0.15, -0.1) is 0 Å². The van der Waals surface area contributed by atoms with Crippen molar-refractivity contribution in [3.8, 4) is 0 Å². The lowest BCUT2D eigenvalue weighted by atomic mass is 10.2. The van der Waals surface area contributed by atoms with Gasteiger partial charge in [-0.2, -0.15) is 0 Å². The SMILES string of the molecule is CC(CS(C)(=O)=O)NCc1[nH]c2ccccc2c1Cl. The lowest BCUT2D eigenvalue weighted by Crippen LogP contribution is -2.32. The van der Waals surface area contributed by atoms with Gasteiger partial charge < -0.3 is 10.3 Å². The van der Waals surface area contributed by atoms with E-state index in [2.05, 4.69) is 10.3 Å². The second-order valence-corrected chi connectivity index (χ2v) is 7.40. The molecule has 0 saturated heterocycles. The molecule has 2 aromatic rings. The van der Waals surface area contributed by atoms with Crippen molar-refractivity contribution in [2.45, 2.75) is 19.5 Å². The summed E-state index contributed by atoms with van der Waals surface area (Å²) in [4.78, 5) is 3.24. The van der Waals surface area contributed by atoms with Crippen molar-refractivity contribution in [3.05, 3.63) is 35.0 Å². The summed E-state index contributed by atoms with van der Waals surface area (Å²) in [6, 6.07) is 7.68. The lowest BCUT2D eigenvalue weighted by Gasteiger charge is -2.11. The molecule has 0 aliphatic rings. The highest BCUT2D eigenvalue weighted by molar-refractivity contribution is 7.90. The first-order valence-electron chi connectivity index (χ1n) is 6.03. The van der Waals surface area contributed by atoms with Crippen LogP contribution in [0, 0.1) is 0 Å². The summed E-state index contributed by atoms with van der Waals surface area (Å²) in [6.45, 7) is 2.36. The zero-order chi connectivity index (χ0) is 14.0. The molecular weight excluding hydrogens is 284 g/mol. The standard InChI is InChI=1S/C13H17ClN2O2S/c1-9(8-19(2,17)18)15-7-12-13(14)10-5-3-4-6-11(10)16-12/h3-6,9,15-16H,7-8H2,1-2H3. The molecule has 0 aliphatic heterocycles. The Morgan fingerprint density at radius 2 is 2.05 bits per heavy atom. The molecule has 0 aliphatic carbocycles. The van der Waals surface area contributed by atoms with Gasteiger partial charge in [-0.1, -0.05) is 29.8 Å². The molecule has 0 saturated carbocycles. The molecule has 0 amide bonds. The average molecular weight is 301 g/mol. The van der Waals surface area contributed by atoms with Crippen molar-refractivity contribution < 1.29 is 8.42 Å². The molecule has 1 heterocycles. The highest BCUT2D eigenvalue weighted by atomic mass is 35.5. The topological polar surface area (TPSA) is 62.0 Å². The van der Waals surface area contributed by atoms with Gasteiger partial charge in [0.2, 0.25) is 0 Å². The van der Waals surface area contributed by atoms with E-state index < -0.39 is 9.84 Å². The lowest BCUT2D eigenvalue weighted by molar-refractivity contribution is 0.557. The van der Waals surface area contributed by atoms with Crippen LogP contribution in [0.15, 0.2) is 24.3 Å². The van der Waals surface area contributed by atoms with E-state index in [0.717, 1.165) is 16.6 Å². The number of rotatable bonds is 5. The molecule has 4 nitrogen and oxygen atoms in total. The number of hydrogen-bond acceptors (Lipinski definition) is 3. The van der Waals surface area contributed by atoms with Gasteiger partial charge in [-0.05, 0) is 13.0 Å². The van der Waals surface area contributed by atoms with Crippen LogP contribution < -0.4 is 5.32 Å². The van der Waals surface area contributed by atoms with Crippen molar-refractivity contribution in [2.75, 3.05) is 12.0 Å². The second kappa shape index (κ2) is 5.53. The summed E-state index contributed by atoms with van der Waals surface area (Å²) in [5, 5.41) is 4.83. The van der Waals surface area contributed by atoms with E-state index in [1.54, 1.807) is 0 Å². The monoisotopic (exact) mass is 300 g/mol. The molecule has 6 heteroatoms. The third-order valence-corrected chi connectivity index (χ3v) is 4.43. The van der Waals surface area contributed by atoms with Crippen LogP contribution in [0.3, 0.4) is 0 Å². The predicted octanol–water partition coefficient (Wildman–Crippen LogP) is 2.34. The van der Waals surface area contributed by atoms with E-state index in [-0.39, 0.29) is 11.8 Å². The fourth-order valence-electron chi connectivity index (χ4n) is 2.07. The zero-order valence-corrected chi connectivity index (χ0v) is 12.5. The van der Waals surface area contributed by atoms with E-state index in [1.807, 2.05) is 31.2 Å². The molecule has 0 bridgehead atoms. The number of aromatic amines is 1. The van der Waals surface area contributed by atoms with Crippen LogP contribution in [0.4, 0.5) is 0 Å². The van der Waals surface area contributed by atoms with Crippen LogP contribution in [0.5, 0.6) is 0 Å². The van der Waals surface area contributed by atoms with Crippen molar-refractivity contribution in [1.82, 2.24) is 10.3 Å². The van der Waals surface area contributed by atoms with Gasteiger partial charge >= 0.3 is 0 Å². The maximum absolute atomic E-state index is 11.2. The Morgan fingerprint density at radius 1 is 1.37 bits per heavy atom. The number of nitrogens with one attached hydrogen (secondary N) is 2. The minimum atomic E-state index is -2.97. The van der Waals surface area contributed by atoms with E-state index >= 15 is 0 Å². The molecule has 1 unspecified atom stereocenters. The summed E-state index contributed by atoms with van der Waals surface area (Å²) in [5.41, 5.74) is 1.86. The molecule has 0 spiro atoms. The average Bonchev–Trinajstić information content (AvgIpc) is 2.62. The first kappa shape index (κ1) is 14.4. The van der Waals surface area contributed by atoms with Crippen molar-refractivity contribution in [1.29, 1.82) is 0 Å². The molecule has 0 radical (unpaired) electrons. The second-order valence-electron chi connectivity index (χ2n) is 4.84. The first-order valence-corrected chi connectivity index (χ1v) is 8.47. The van der Waals surface area contributed by atoms with Crippen LogP contribution in [-0.4, -0.2) is 31.5 Å². The van der Waals surface area contributed by atoms with Crippen LogP contribution in [0.2, 0.25) is 5.02 Å². The largest absolute Gasteiger partial charge is 0.356 e. The van der Waals surface area contributed by atoms with E-state index in [4.69, 9.17) is 11.6 Å². The number of sulfone groups is 1. The van der Waals surface area contributed by atoms with Gasteiger partial charge in [0.1, 0.15) is 9.84 Å². The van der Waals surface area contributed by atoms with Gasteiger partial charge in [-0.3, -0.25) is 0 Å². The maximum atomic E-state index is 11.2. The Hall–Kier alpha value is -1.04. The predicted molar refractivity (Wildman–Crippen MR) is 79.3 cm³/mol. The highest BCUT2D eigenvalue weighted by Gasteiger charge is 2.12. The zero-order valence-electron chi connectivity index (χ0n) is 10.9. The molecule has 1 atom stereocenters. The van der Waals surface area contributed by atoms with Crippen molar-refractivity contribution in [2.24, 2.45) is 0 Å². The molecular formula is C13H17ClN2O2S. The molecule has 19 heavy (non-hydrogen) atoms. The minimum absolute atomic E-state index is 0.113. The summed E-state index contributed by atoms with van der Waals surface area (Å²) in [7, 11) is -2.97. The Balaban J connectivity index is 2.08. The number of para-hydroxylation sites is 1. The van der Waals surface area contributed by atoms with E-state index in [1.165, 1.54) is 6.26 Å². The Labute approximate surface area is 118 Å². The number of aromatic nitrogens is 1. The van der Waals surface area contributed by atoms with Crippen LogP contribution >= 0.6 is 11.6 Å². The molecule has 2 N–H and O–H groups in total. The molecule has 1 aromatic carbocycles. The first-order chi connectivity index (χ1) is 8.87. The van der Waals surface area contributed by atoms with E-state index in [0.29, 0.717) is 11.6 Å². The molecule has 1 aromatic heterocycles. The number of halogens is 1. The van der Waals surface area contributed by atoms with Gasteiger partial charge in [0.25, 0.3) is 0 Å². The summed E-state index contributed by atoms with van der Waals surface area (Å²) >= 11 is 6.28. The quantitative estimate of drug-likeness (QED) is 0.891. The van der Waals surface area contributed by atoms with Crippen molar-refractivity contribution >= 4 is 32.3 Å². The smallest absolute Gasteiger partial charge is 0.148 e. The van der Waals surface area contributed by atoms with Gasteiger partial charge in [-0.25, -0.2) is 8.42 Å². The van der Waals surface area contributed by atoms with Crippen molar-refractivity contribution in [3.63, 3.8) is 0 Å². The minimum Gasteiger partial charge on any atom is -0.356 e. The number of H-pyrrole nitrogens is 1. The number of benzene rings is 1. The third-order valence-electron chi connectivity index (χ3n) is 2.89. The van der Waals surface area contributed by atoms with Gasteiger partial charge in [0.05, 0.1) is 10.8 Å².